The van der Waals surface area contributed by atoms with E-state index in [-0.39, 0.29) is 36.8 Å². The van der Waals surface area contributed by atoms with Crippen LogP contribution in [0.4, 0.5) is 0 Å². The second kappa shape index (κ2) is 9.54. The van der Waals surface area contributed by atoms with Gasteiger partial charge in [-0.3, -0.25) is 9.78 Å². The van der Waals surface area contributed by atoms with E-state index in [1.807, 2.05) is 42.2 Å². The Morgan fingerprint density at radius 1 is 1.23 bits per heavy atom. The number of aromatic nitrogens is 1. The Hall–Kier alpha value is -1.36. The highest BCUT2D eigenvalue weighted by Crippen LogP contribution is 2.26. The van der Waals surface area contributed by atoms with Crippen molar-refractivity contribution in [3.8, 4) is 0 Å². The molecule has 2 N–H and O–H groups in total. The fourth-order valence-electron chi connectivity index (χ4n) is 3.46. The summed E-state index contributed by atoms with van der Waals surface area (Å²) in [5.74, 6) is 0.792. The summed E-state index contributed by atoms with van der Waals surface area (Å²) in [5.41, 5.74) is 8.71. The number of amides is 1. The molecule has 1 fully saturated rings. The molecule has 3 rings (SSSR count). The number of hydrogen-bond acceptors (Lipinski definition) is 3. The molecule has 2 atom stereocenters. The second-order valence-electron chi connectivity index (χ2n) is 7.28. The molecule has 2 heterocycles. The number of halogens is 2. The number of hydrogen-bond donors (Lipinski definition) is 1. The Balaban J connectivity index is 0.00000169. The van der Waals surface area contributed by atoms with Crippen LogP contribution >= 0.6 is 24.8 Å². The Bertz CT molecular complexity index is 749. The number of para-hydroxylation sites is 1. The van der Waals surface area contributed by atoms with E-state index >= 15 is 0 Å². The van der Waals surface area contributed by atoms with Gasteiger partial charge >= 0.3 is 0 Å². The van der Waals surface area contributed by atoms with E-state index in [2.05, 4.69) is 13.8 Å². The number of likely N-dealkylation sites (tertiary alicyclic amines) is 1. The molecule has 1 aliphatic heterocycles. The van der Waals surface area contributed by atoms with E-state index in [0.717, 1.165) is 48.1 Å². The van der Waals surface area contributed by atoms with Crippen LogP contribution < -0.4 is 5.73 Å². The van der Waals surface area contributed by atoms with Gasteiger partial charge in [0.15, 0.2) is 0 Å². The molecular weight excluding hydrogens is 369 g/mol. The molecule has 1 amide bonds. The van der Waals surface area contributed by atoms with E-state index in [4.69, 9.17) is 10.7 Å². The van der Waals surface area contributed by atoms with Gasteiger partial charge in [0.25, 0.3) is 5.91 Å². The minimum atomic E-state index is 0. The summed E-state index contributed by atoms with van der Waals surface area (Å²) in [6, 6.07) is 10.0. The SMILES string of the molecule is CC(C)c1cc(C(=O)N2CCCC(C(C)N)C2)c2ccccc2n1.Cl.Cl. The van der Waals surface area contributed by atoms with Gasteiger partial charge in [-0.05, 0) is 43.7 Å². The van der Waals surface area contributed by atoms with Crippen LogP contribution in [0.25, 0.3) is 10.9 Å². The van der Waals surface area contributed by atoms with Gasteiger partial charge in [-0.25, -0.2) is 0 Å². The first-order valence-electron chi connectivity index (χ1n) is 8.92. The van der Waals surface area contributed by atoms with Crippen LogP contribution in [0.15, 0.2) is 30.3 Å². The normalized spacial score (nSPS) is 18.2. The first-order chi connectivity index (χ1) is 11.5. The minimum Gasteiger partial charge on any atom is -0.338 e. The summed E-state index contributed by atoms with van der Waals surface area (Å²) in [4.78, 5) is 19.9. The lowest BCUT2D eigenvalue weighted by Crippen LogP contribution is -2.45. The minimum absolute atomic E-state index is 0. The van der Waals surface area contributed by atoms with Crippen LogP contribution in [0, 0.1) is 5.92 Å². The quantitative estimate of drug-likeness (QED) is 0.834. The molecule has 144 valence electrons. The maximum Gasteiger partial charge on any atom is 0.254 e. The van der Waals surface area contributed by atoms with Gasteiger partial charge in [-0.1, -0.05) is 32.0 Å². The fourth-order valence-corrected chi connectivity index (χ4v) is 3.46. The smallest absolute Gasteiger partial charge is 0.254 e. The summed E-state index contributed by atoms with van der Waals surface area (Å²) >= 11 is 0. The average molecular weight is 398 g/mol. The molecule has 0 saturated carbocycles. The highest BCUT2D eigenvalue weighted by atomic mass is 35.5. The molecule has 0 bridgehead atoms. The first kappa shape index (κ1) is 22.7. The summed E-state index contributed by atoms with van der Waals surface area (Å²) in [6.45, 7) is 7.83. The predicted octanol–water partition coefficient (Wildman–Crippen LogP) is 4.40. The van der Waals surface area contributed by atoms with Crippen molar-refractivity contribution in [2.75, 3.05) is 13.1 Å². The Kier molecular flexibility index (Phi) is 8.32. The Morgan fingerprint density at radius 2 is 1.92 bits per heavy atom. The molecule has 0 spiro atoms. The van der Waals surface area contributed by atoms with Crippen molar-refractivity contribution in [1.82, 2.24) is 9.88 Å². The zero-order valence-electron chi connectivity index (χ0n) is 15.6. The number of carbonyl (C=O) groups is 1. The number of rotatable bonds is 3. The molecular formula is C20H29Cl2N3O. The Labute approximate surface area is 168 Å². The zero-order valence-corrected chi connectivity index (χ0v) is 17.3. The molecule has 2 unspecified atom stereocenters. The number of carbonyl (C=O) groups excluding carboxylic acids is 1. The molecule has 1 aliphatic rings. The van der Waals surface area contributed by atoms with Crippen LogP contribution in [0.2, 0.25) is 0 Å². The Morgan fingerprint density at radius 3 is 2.58 bits per heavy atom. The van der Waals surface area contributed by atoms with Crippen LogP contribution in [0.5, 0.6) is 0 Å². The third-order valence-electron chi connectivity index (χ3n) is 5.05. The maximum absolute atomic E-state index is 13.2. The molecule has 6 heteroatoms. The molecule has 4 nitrogen and oxygen atoms in total. The number of benzene rings is 1. The lowest BCUT2D eigenvalue weighted by Gasteiger charge is -2.35. The first-order valence-corrected chi connectivity index (χ1v) is 8.92. The number of nitrogens with two attached hydrogens (primary N) is 1. The van der Waals surface area contributed by atoms with Gasteiger partial charge in [0, 0.05) is 30.2 Å². The third kappa shape index (κ3) is 4.67. The van der Waals surface area contributed by atoms with Crippen molar-refractivity contribution in [1.29, 1.82) is 0 Å². The van der Waals surface area contributed by atoms with Gasteiger partial charge in [0.1, 0.15) is 0 Å². The van der Waals surface area contributed by atoms with Crippen LogP contribution in [0.3, 0.4) is 0 Å². The molecule has 1 aromatic heterocycles. The van der Waals surface area contributed by atoms with E-state index in [1.165, 1.54) is 0 Å². The zero-order chi connectivity index (χ0) is 17.3. The van der Waals surface area contributed by atoms with Crippen molar-refractivity contribution in [3.05, 3.63) is 41.6 Å². The molecule has 26 heavy (non-hydrogen) atoms. The number of nitrogens with zero attached hydrogens (tertiary/aromatic N) is 2. The van der Waals surface area contributed by atoms with Gasteiger partial charge in [-0.2, -0.15) is 0 Å². The number of fused-ring (bicyclic) bond motifs is 1. The molecule has 0 radical (unpaired) electrons. The largest absolute Gasteiger partial charge is 0.338 e. The molecule has 1 saturated heterocycles. The van der Waals surface area contributed by atoms with Gasteiger partial charge in [0.05, 0.1) is 11.1 Å². The lowest BCUT2D eigenvalue weighted by atomic mass is 9.91. The highest BCUT2D eigenvalue weighted by molar-refractivity contribution is 6.06. The van der Waals surface area contributed by atoms with E-state index in [1.54, 1.807) is 0 Å². The van der Waals surface area contributed by atoms with Crippen molar-refractivity contribution in [2.24, 2.45) is 11.7 Å². The molecule has 1 aromatic carbocycles. The summed E-state index contributed by atoms with van der Waals surface area (Å²) in [6.07, 6.45) is 2.13. The standard InChI is InChI=1S/C20H27N3O.2ClH/c1-13(2)19-11-17(16-8-4-5-9-18(16)22-19)20(24)23-10-6-7-15(12-23)14(3)21;;/h4-5,8-9,11,13-15H,6-7,10,12,21H2,1-3H3;2*1H. The fraction of sp³-hybridized carbons (Fsp3) is 0.500. The third-order valence-corrected chi connectivity index (χ3v) is 5.05. The number of pyridine rings is 1. The maximum atomic E-state index is 13.2. The van der Waals surface area contributed by atoms with Crippen molar-refractivity contribution < 1.29 is 4.79 Å². The monoisotopic (exact) mass is 397 g/mol. The van der Waals surface area contributed by atoms with Crippen LogP contribution in [0.1, 0.15) is 55.6 Å². The average Bonchev–Trinajstić information content (AvgIpc) is 2.60. The molecule has 0 aliphatic carbocycles. The van der Waals surface area contributed by atoms with Crippen LogP contribution in [-0.4, -0.2) is 34.9 Å². The van der Waals surface area contributed by atoms with Crippen molar-refractivity contribution >= 4 is 41.6 Å². The van der Waals surface area contributed by atoms with E-state index in [9.17, 15) is 4.79 Å². The topological polar surface area (TPSA) is 59.2 Å². The predicted molar refractivity (Wildman–Crippen MR) is 113 cm³/mol. The van der Waals surface area contributed by atoms with E-state index in [0.29, 0.717) is 11.8 Å². The summed E-state index contributed by atoms with van der Waals surface area (Å²) in [7, 11) is 0. The lowest BCUT2D eigenvalue weighted by molar-refractivity contribution is 0.0663. The van der Waals surface area contributed by atoms with Gasteiger partial charge in [0.2, 0.25) is 0 Å². The summed E-state index contributed by atoms with van der Waals surface area (Å²) in [5, 5.41) is 0.940. The van der Waals surface area contributed by atoms with Crippen molar-refractivity contribution in [2.45, 2.75) is 45.6 Å². The van der Waals surface area contributed by atoms with Crippen molar-refractivity contribution in [3.63, 3.8) is 0 Å². The highest BCUT2D eigenvalue weighted by Gasteiger charge is 2.27. The van der Waals surface area contributed by atoms with Gasteiger partial charge in [-0.15, -0.1) is 24.8 Å². The molecule has 2 aromatic rings. The summed E-state index contributed by atoms with van der Waals surface area (Å²) < 4.78 is 0. The van der Waals surface area contributed by atoms with Crippen LogP contribution in [-0.2, 0) is 0 Å². The second-order valence-corrected chi connectivity index (χ2v) is 7.28. The number of piperidine rings is 1. The van der Waals surface area contributed by atoms with E-state index < -0.39 is 0 Å². The van der Waals surface area contributed by atoms with Gasteiger partial charge < -0.3 is 10.6 Å².